The SMILES string of the molecule is CCc1ccc2nc(-c3cccc(OC)c3OC)[nH]c2c1. The van der Waals surface area contributed by atoms with Crippen molar-refractivity contribution in [2.45, 2.75) is 13.3 Å². The monoisotopic (exact) mass is 282 g/mol. The van der Waals surface area contributed by atoms with Crippen molar-refractivity contribution in [3.05, 3.63) is 42.0 Å². The Morgan fingerprint density at radius 2 is 1.95 bits per heavy atom. The Morgan fingerprint density at radius 3 is 2.67 bits per heavy atom. The Balaban J connectivity index is 2.16. The number of aromatic nitrogens is 2. The van der Waals surface area contributed by atoms with Crippen LogP contribution in [0.1, 0.15) is 12.5 Å². The summed E-state index contributed by atoms with van der Waals surface area (Å²) in [6.45, 7) is 2.14. The fraction of sp³-hybridized carbons (Fsp3) is 0.235. The third-order valence-corrected chi connectivity index (χ3v) is 3.61. The zero-order valence-corrected chi connectivity index (χ0v) is 12.4. The van der Waals surface area contributed by atoms with E-state index in [4.69, 9.17) is 9.47 Å². The van der Waals surface area contributed by atoms with Gasteiger partial charge in [0.15, 0.2) is 11.5 Å². The molecule has 4 heteroatoms. The predicted octanol–water partition coefficient (Wildman–Crippen LogP) is 3.81. The quantitative estimate of drug-likeness (QED) is 0.791. The predicted molar refractivity (Wildman–Crippen MR) is 84.0 cm³/mol. The van der Waals surface area contributed by atoms with Crippen molar-refractivity contribution >= 4 is 11.0 Å². The molecule has 0 aliphatic carbocycles. The normalized spacial score (nSPS) is 10.8. The van der Waals surface area contributed by atoms with E-state index in [1.165, 1.54) is 5.56 Å². The van der Waals surface area contributed by atoms with Crippen molar-refractivity contribution in [2.24, 2.45) is 0 Å². The third-order valence-electron chi connectivity index (χ3n) is 3.61. The van der Waals surface area contributed by atoms with Gasteiger partial charge in [-0.05, 0) is 36.2 Å². The summed E-state index contributed by atoms with van der Waals surface area (Å²) in [7, 11) is 3.27. The van der Waals surface area contributed by atoms with Gasteiger partial charge in [-0.3, -0.25) is 0 Å². The van der Waals surface area contributed by atoms with E-state index in [1.54, 1.807) is 14.2 Å². The van der Waals surface area contributed by atoms with Crippen molar-refractivity contribution in [1.82, 2.24) is 9.97 Å². The highest BCUT2D eigenvalue weighted by molar-refractivity contribution is 5.82. The Bertz CT molecular complexity index is 778. The summed E-state index contributed by atoms with van der Waals surface area (Å²) in [4.78, 5) is 8.02. The molecule has 0 saturated heterocycles. The van der Waals surface area contributed by atoms with Gasteiger partial charge >= 0.3 is 0 Å². The number of fused-ring (bicyclic) bond motifs is 1. The van der Waals surface area contributed by atoms with Crippen molar-refractivity contribution in [3.63, 3.8) is 0 Å². The van der Waals surface area contributed by atoms with Gasteiger partial charge in [0, 0.05) is 0 Å². The van der Waals surface area contributed by atoms with Crippen molar-refractivity contribution in [2.75, 3.05) is 14.2 Å². The first kappa shape index (κ1) is 13.5. The Kier molecular flexibility index (Phi) is 3.52. The molecule has 108 valence electrons. The van der Waals surface area contributed by atoms with Gasteiger partial charge < -0.3 is 14.5 Å². The number of hydrogen-bond donors (Lipinski definition) is 1. The average Bonchev–Trinajstić information content (AvgIpc) is 2.96. The molecule has 3 rings (SSSR count). The first-order valence-electron chi connectivity index (χ1n) is 6.96. The molecule has 0 saturated carbocycles. The lowest BCUT2D eigenvalue weighted by Gasteiger charge is -2.10. The number of H-pyrrole nitrogens is 1. The van der Waals surface area contributed by atoms with Crippen LogP contribution in [-0.2, 0) is 6.42 Å². The average molecular weight is 282 g/mol. The molecular formula is C17H18N2O2. The summed E-state index contributed by atoms with van der Waals surface area (Å²) >= 11 is 0. The summed E-state index contributed by atoms with van der Waals surface area (Å²) in [5.74, 6) is 2.17. The lowest BCUT2D eigenvalue weighted by Crippen LogP contribution is -1.93. The summed E-state index contributed by atoms with van der Waals surface area (Å²) in [5, 5.41) is 0. The number of nitrogens with zero attached hydrogens (tertiary/aromatic N) is 1. The molecule has 1 aromatic heterocycles. The molecule has 2 aromatic carbocycles. The minimum absolute atomic E-state index is 0.690. The number of benzene rings is 2. The van der Waals surface area contributed by atoms with Gasteiger partial charge in [-0.25, -0.2) is 4.98 Å². The molecule has 0 aliphatic rings. The highest BCUT2D eigenvalue weighted by Crippen LogP contribution is 2.37. The van der Waals surface area contributed by atoms with Crippen LogP contribution >= 0.6 is 0 Å². The maximum Gasteiger partial charge on any atom is 0.171 e. The molecule has 0 fully saturated rings. The van der Waals surface area contributed by atoms with Crippen LogP contribution in [0.2, 0.25) is 0 Å². The zero-order chi connectivity index (χ0) is 14.8. The maximum atomic E-state index is 5.48. The van der Waals surface area contributed by atoms with Gasteiger partial charge in [0.05, 0.1) is 30.8 Å². The Morgan fingerprint density at radius 1 is 1.10 bits per heavy atom. The Labute approximate surface area is 123 Å². The first-order chi connectivity index (χ1) is 10.3. The minimum Gasteiger partial charge on any atom is -0.493 e. The summed E-state index contributed by atoms with van der Waals surface area (Å²) < 4.78 is 10.8. The zero-order valence-electron chi connectivity index (χ0n) is 12.4. The van der Waals surface area contributed by atoms with E-state index in [9.17, 15) is 0 Å². The van der Waals surface area contributed by atoms with Gasteiger partial charge in [0.1, 0.15) is 5.82 Å². The van der Waals surface area contributed by atoms with E-state index in [0.717, 1.165) is 28.8 Å². The molecule has 1 heterocycles. The molecule has 0 atom stereocenters. The van der Waals surface area contributed by atoms with E-state index in [2.05, 4.69) is 29.0 Å². The number of aryl methyl sites for hydroxylation is 1. The van der Waals surface area contributed by atoms with Crippen LogP contribution in [0.4, 0.5) is 0 Å². The van der Waals surface area contributed by atoms with E-state index in [1.807, 2.05) is 24.3 Å². The molecule has 21 heavy (non-hydrogen) atoms. The number of aromatic amines is 1. The van der Waals surface area contributed by atoms with Crippen LogP contribution in [-0.4, -0.2) is 24.2 Å². The second kappa shape index (κ2) is 5.48. The lowest BCUT2D eigenvalue weighted by atomic mass is 10.1. The van der Waals surface area contributed by atoms with Gasteiger partial charge in [0.2, 0.25) is 0 Å². The smallest absolute Gasteiger partial charge is 0.171 e. The molecule has 1 N–H and O–H groups in total. The van der Waals surface area contributed by atoms with E-state index < -0.39 is 0 Å². The molecule has 0 unspecified atom stereocenters. The standard InChI is InChI=1S/C17H18N2O2/c1-4-11-8-9-13-14(10-11)19-17(18-13)12-6-5-7-15(20-2)16(12)21-3/h5-10H,4H2,1-3H3,(H,18,19). The topological polar surface area (TPSA) is 47.1 Å². The maximum absolute atomic E-state index is 5.48. The first-order valence-corrected chi connectivity index (χ1v) is 6.96. The van der Waals surface area contributed by atoms with Crippen LogP contribution in [0.5, 0.6) is 11.5 Å². The van der Waals surface area contributed by atoms with Gasteiger partial charge in [-0.1, -0.05) is 19.1 Å². The number of methoxy groups -OCH3 is 2. The summed E-state index contributed by atoms with van der Waals surface area (Å²) in [6, 6.07) is 12.1. The molecule has 0 spiro atoms. The van der Waals surface area contributed by atoms with E-state index in [-0.39, 0.29) is 0 Å². The Hall–Kier alpha value is -2.49. The highest BCUT2D eigenvalue weighted by atomic mass is 16.5. The number of para-hydroxylation sites is 1. The van der Waals surface area contributed by atoms with E-state index >= 15 is 0 Å². The number of rotatable bonds is 4. The number of ether oxygens (including phenoxy) is 2. The van der Waals surface area contributed by atoms with Crippen molar-refractivity contribution in [1.29, 1.82) is 0 Å². The summed E-state index contributed by atoms with van der Waals surface area (Å²) in [5.41, 5.74) is 4.17. The van der Waals surface area contributed by atoms with Crippen molar-refractivity contribution < 1.29 is 9.47 Å². The molecule has 0 bridgehead atoms. The third kappa shape index (κ3) is 2.33. The fourth-order valence-electron chi connectivity index (χ4n) is 2.48. The molecule has 4 nitrogen and oxygen atoms in total. The minimum atomic E-state index is 0.690. The van der Waals surface area contributed by atoms with Crippen LogP contribution in [0.15, 0.2) is 36.4 Å². The fourth-order valence-corrected chi connectivity index (χ4v) is 2.48. The summed E-state index contributed by atoms with van der Waals surface area (Å²) in [6.07, 6.45) is 1.01. The molecular weight excluding hydrogens is 264 g/mol. The van der Waals surface area contributed by atoms with Crippen LogP contribution < -0.4 is 9.47 Å². The van der Waals surface area contributed by atoms with Gasteiger partial charge in [-0.2, -0.15) is 0 Å². The largest absolute Gasteiger partial charge is 0.493 e. The molecule has 0 radical (unpaired) electrons. The van der Waals surface area contributed by atoms with Crippen molar-refractivity contribution in [3.8, 4) is 22.9 Å². The number of nitrogens with one attached hydrogen (secondary N) is 1. The second-order valence-corrected chi connectivity index (χ2v) is 4.83. The van der Waals surface area contributed by atoms with Crippen LogP contribution in [0.3, 0.4) is 0 Å². The van der Waals surface area contributed by atoms with E-state index in [0.29, 0.717) is 11.5 Å². The molecule has 0 amide bonds. The number of hydrogen-bond acceptors (Lipinski definition) is 3. The second-order valence-electron chi connectivity index (χ2n) is 4.83. The van der Waals surface area contributed by atoms with Gasteiger partial charge in [0.25, 0.3) is 0 Å². The van der Waals surface area contributed by atoms with Crippen LogP contribution in [0.25, 0.3) is 22.4 Å². The highest BCUT2D eigenvalue weighted by Gasteiger charge is 2.14. The van der Waals surface area contributed by atoms with Crippen LogP contribution in [0, 0.1) is 0 Å². The molecule has 0 aliphatic heterocycles. The number of imidazole rings is 1. The molecule has 3 aromatic rings. The van der Waals surface area contributed by atoms with Gasteiger partial charge in [-0.15, -0.1) is 0 Å². The lowest BCUT2D eigenvalue weighted by molar-refractivity contribution is 0.356.